The van der Waals surface area contributed by atoms with Crippen molar-refractivity contribution in [1.29, 1.82) is 0 Å². The molecule has 0 unspecified atom stereocenters. The van der Waals surface area contributed by atoms with E-state index in [1.54, 1.807) is 7.11 Å². The molecule has 1 saturated heterocycles. The van der Waals surface area contributed by atoms with Gasteiger partial charge in [-0.3, -0.25) is 4.79 Å². The molecule has 0 saturated carbocycles. The van der Waals surface area contributed by atoms with Crippen molar-refractivity contribution in [3.8, 4) is 11.5 Å². The van der Waals surface area contributed by atoms with Crippen molar-refractivity contribution in [2.45, 2.75) is 19.8 Å². The fraction of sp³-hybridized carbons (Fsp3) is 0.588. The van der Waals surface area contributed by atoms with Crippen LogP contribution in [-0.2, 0) is 4.79 Å². The molecule has 1 aromatic carbocycles. The van der Waals surface area contributed by atoms with Gasteiger partial charge in [0.25, 0.3) is 5.91 Å². The van der Waals surface area contributed by atoms with Crippen LogP contribution in [0.15, 0.2) is 24.3 Å². The second-order valence-electron chi connectivity index (χ2n) is 5.52. The molecule has 0 N–H and O–H groups in total. The third-order valence-corrected chi connectivity index (χ3v) is 3.90. The van der Waals surface area contributed by atoms with Crippen molar-refractivity contribution >= 4 is 5.91 Å². The van der Waals surface area contributed by atoms with Gasteiger partial charge in [-0.2, -0.15) is 0 Å². The van der Waals surface area contributed by atoms with Gasteiger partial charge in [-0.05, 0) is 38.1 Å². The van der Waals surface area contributed by atoms with E-state index in [2.05, 4.69) is 11.8 Å². The Morgan fingerprint density at radius 2 is 1.91 bits per heavy atom. The van der Waals surface area contributed by atoms with E-state index in [-0.39, 0.29) is 12.5 Å². The molecule has 1 fully saturated rings. The number of carbonyl (C=O) groups is 1. The van der Waals surface area contributed by atoms with Gasteiger partial charge >= 0.3 is 0 Å². The average Bonchev–Trinajstić information content (AvgIpc) is 2.79. The van der Waals surface area contributed by atoms with Crippen molar-refractivity contribution in [2.75, 3.05) is 46.4 Å². The van der Waals surface area contributed by atoms with E-state index < -0.39 is 0 Å². The highest BCUT2D eigenvalue weighted by Crippen LogP contribution is 2.25. The van der Waals surface area contributed by atoms with Crippen LogP contribution in [-0.4, -0.2) is 62.1 Å². The lowest BCUT2D eigenvalue weighted by Gasteiger charge is -2.22. The van der Waals surface area contributed by atoms with Gasteiger partial charge in [-0.1, -0.05) is 19.1 Å². The average molecular weight is 306 g/mol. The molecule has 5 heteroatoms. The highest BCUT2D eigenvalue weighted by molar-refractivity contribution is 5.77. The molecule has 1 aliphatic rings. The van der Waals surface area contributed by atoms with Crippen molar-refractivity contribution in [2.24, 2.45) is 0 Å². The molecule has 0 aromatic heterocycles. The van der Waals surface area contributed by atoms with Gasteiger partial charge in [0.05, 0.1) is 7.11 Å². The van der Waals surface area contributed by atoms with Crippen LogP contribution in [0, 0.1) is 0 Å². The molecule has 1 amide bonds. The van der Waals surface area contributed by atoms with Gasteiger partial charge in [0.1, 0.15) is 0 Å². The van der Waals surface area contributed by atoms with E-state index in [4.69, 9.17) is 9.47 Å². The zero-order valence-electron chi connectivity index (χ0n) is 13.6. The number of rotatable bonds is 6. The lowest BCUT2D eigenvalue weighted by atomic mass is 10.3. The van der Waals surface area contributed by atoms with Gasteiger partial charge in [0.2, 0.25) is 0 Å². The number of nitrogens with zero attached hydrogens (tertiary/aromatic N) is 2. The monoisotopic (exact) mass is 306 g/mol. The number of methoxy groups -OCH3 is 1. The van der Waals surface area contributed by atoms with Crippen LogP contribution in [0.25, 0.3) is 0 Å². The normalized spacial score (nSPS) is 16.2. The molecule has 0 radical (unpaired) electrons. The third-order valence-electron chi connectivity index (χ3n) is 3.90. The van der Waals surface area contributed by atoms with Crippen molar-refractivity contribution < 1.29 is 14.3 Å². The Balaban J connectivity index is 1.84. The topological polar surface area (TPSA) is 42.0 Å². The molecule has 1 aliphatic heterocycles. The van der Waals surface area contributed by atoms with E-state index in [1.165, 1.54) is 0 Å². The lowest BCUT2D eigenvalue weighted by Crippen LogP contribution is -2.38. The fourth-order valence-corrected chi connectivity index (χ4v) is 2.73. The zero-order valence-corrected chi connectivity index (χ0v) is 13.6. The number of para-hydroxylation sites is 2. The van der Waals surface area contributed by atoms with E-state index in [9.17, 15) is 4.79 Å². The molecular formula is C17H26N2O3. The van der Waals surface area contributed by atoms with Gasteiger partial charge in [-0.15, -0.1) is 0 Å². The summed E-state index contributed by atoms with van der Waals surface area (Å²) in [5.41, 5.74) is 0. The molecule has 0 spiro atoms. The molecule has 0 atom stereocenters. The van der Waals surface area contributed by atoms with E-state index >= 15 is 0 Å². The summed E-state index contributed by atoms with van der Waals surface area (Å²) in [4.78, 5) is 16.7. The fourth-order valence-electron chi connectivity index (χ4n) is 2.73. The highest BCUT2D eigenvalue weighted by atomic mass is 16.5. The standard InChI is InChI=1S/C17H26N2O3/c1-3-9-18-10-6-11-19(13-12-18)17(20)14-22-16-8-5-4-7-15(16)21-2/h4-5,7-8H,3,6,9-14H2,1-2H3. The Morgan fingerprint density at radius 3 is 2.64 bits per heavy atom. The maximum Gasteiger partial charge on any atom is 0.260 e. The first-order chi connectivity index (χ1) is 10.7. The molecule has 0 bridgehead atoms. The minimum Gasteiger partial charge on any atom is -0.493 e. The number of amides is 1. The largest absolute Gasteiger partial charge is 0.493 e. The molecule has 1 aromatic rings. The van der Waals surface area contributed by atoms with Crippen molar-refractivity contribution in [3.05, 3.63) is 24.3 Å². The lowest BCUT2D eigenvalue weighted by molar-refractivity contribution is -0.133. The Hall–Kier alpha value is -1.75. The van der Waals surface area contributed by atoms with Crippen molar-refractivity contribution in [1.82, 2.24) is 9.80 Å². The Labute approximate surface area is 132 Å². The second-order valence-corrected chi connectivity index (χ2v) is 5.52. The predicted octanol–water partition coefficient (Wildman–Crippen LogP) is 2.02. The van der Waals surface area contributed by atoms with E-state index in [1.807, 2.05) is 29.2 Å². The van der Waals surface area contributed by atoms with Crippen molar-refractivity contribution in [3.63, 3.8) is 0 Å². The Kier molecular flexibility index (Phi) is 6.52. The summed E-state index contributed by atoms with van der Waals surface area (Å²) < 4.78 is 10.9. The van der Waals surface area contributed by atoms with Crippen LogP contribution in [0.2, 0.25) is 0 Å². The minimum absolute atomic E-state index is 0.0456. The number of hydrogen-bond donors (Lipinski definition) is 0. The summed E-state index contributed by atoms with van der Waals surface area (Å²) in [6.07, 6.45) is 2.19. The third kappa shape index (κ3) is 4.63. The van der Waals surface area contributed by atoms with Gasteiger partial charge in [0.15, 0.2) is 18.1 Å². The first kappa shape index (κ1) is 16.6. The van der Waals surface area contributed by atoms with Crippen LogP contribution < -0.4 is 9.47 Å². The maximum atomic E-state index is 12.3. The molecule has 122 valence electrons. The number of hydrogen-bond acceptors (Lipinski definition) is 4. The molecule has 2 rings (SSSR count). The molecule has 5 nitrogen and oxygen atoms in total. The number of benzene rings is 1. The summed E-state index contributed by atoms with van der Waals surface area (Å²) in [5.74, 6) is 1.31. The summed E-state index contributed by atoms with van der Waals surface area (Å²) >= 11 is 0. The quantitative estimate of drug-likeness (QED) is 0.806. The van der Waals surface area contributed by atoms with Gasteiger partial charge in [0, 0.05) is 19.6 Å². The number of ether oxygens (including phenoxy) is 2. The number of carbonyl (C=O) groups excluding carboxylic acids is 1. The molecular weight excluding hydrogens is 280 g/mol. The smallest absolute Gasteiger partial charge is 0.260 e. The molecule has 22 heavy (non-hydrogen) atoms. The Bertz CT molecular complexity index is 479. The van der Waals surface area contributed by atoms with E-state index in [0.29, 0.717) is 11.5 Å². The SMILES string of the molecule is CCCN1CCCN(C(=O)COc2ccccc2OC)CC1. The van der Waals surface area contributed by atoms with Crippen LogP contribution in [0.3, 0.4) is 0 Å². The summed E-state index contributed by atoms with van der Waals surface area (Å²) in [6.45, 7) is 6.99. The summed E-state index contributed by atoms with van der Waals surface area (Å²) in [5, 5.41) is 0. The first-order valence-corrected chi connectivity index (χ1v) is 8.00. The Morgan fingerprint density at radius 1 is 1.14 bits per heavy atom. The van der Waals surface area contributed by atoms with Gasteiger partial charge in [-0.25, -0.2) is 0 Å². The minimum atomic E-state index is 0.0456. The van der Waals surface area contributed by atoms with Gasteiger partial charge < -0.3 is 19.3 Å². The first-order valence-electron chi connectivity index (χ1n) is 8.00. The van der Waals surface area contributed by atoms with Crippen LogP contribution >= 0.6 is 0 Å². The molecule has 0 aliphatic carbocycles. The van der Waals surface area contributed by atoms with Crippen LogP contribution in [0.1, 0.15) is 19.8 Å². The predicted molar refractivity (Wildman–Crippen MR) is 86.4 cm³/mol. The van der Waals surface area contributed by atoms with E-state index in [0.717, 1.165) is 45.6 Å². The second kappa shape index (κ2) is 8.63. The molecule has 1 heterocycles. The van der Waals surface area contributed by atoms with Crippen LogP contribution in [0.4, 0.5) is 0 Å². The highest BCUT2D eigenvalue weighted by Gasteiger charge is 2.19. The van der Waals surface area contributed by atoms with Crippen LogP contribution in [0.5, 0.6) is 11.5 Å². The zero-order chi connectivity index (χ0) is 15.8. The summed E-state index contributed by atoms with van der Waals surface area (Å²) in [7, 11) is 1.60. The maximum absolute atomic E-state index is 12.3. The summed E-state index contributed by atoms with van der Waals surface area (Å²) in [6, 6.07) is 7.40.